The molecule has 0 aromatic heterocycles. The number of carbonyl (C=O) groups is 4. The van der Waals surface area contributed by atoms with Crippen LogP contribution in [0.4, 0.5) is 13.2 Å². The molecule has 0 N–H and O–H groups in total. The Kier molecular flexibility index (Phi) is 17.0. The van der Waals surface area contributed by atoms with Gasteiger partial charge in [0.1, 0.15) is 11.5 Å². The zero-order valence-electron chi connectivity index (χ0n) is 28.9. The highest BCUT2D eigenvalue weighted by atomic mass is 19.2. The van der Waals surface area contributed by atoms with E-state index in [9.17, 15) is 32.3 Å². The summed E-state index contributed by atoms with van der Waals surface area (Å²) in [6.45, 7) is 9.86. The third-order valence-electron chi connectivity index (χ3n) is 7.27. The van der Waals surface area contributed by atoms with E-state index in [4.69, 9.17) is 28.4 Å². The van der Waals surface area contributed by atoms with E-state index >= 15 is 0 Å². The molecule has 13 heteroatoms. The summed E-state index contributed by atoms with van der Waals surface area (Å²) >= 11 is 0. The number of halogens is 3. The summed E-state index contributed by atoms with van der Waals surface area (Å²) in [7, 11) is 0. The molecule has 278 valence electrons. The van der Waals surface area contributed by atoms with Gasteiger partial charge in [0, 0.05) is 17.7 Å². The first kappa shape index (κ1) is 40.8. The molecule has 0 aliphatic carbocycles. The Balaban J connectivity index is 1.43. The molecule has 0 atom stereocenters. The van der Waals surface area contributed by atoms with Crippen molar-refractivity contribution < 1.29 is 60.8 Å². The lowest BCUT2D eigenvalue weighted by Gasteiger charge is -2.12. The Morgan fingerprint density at radius 2 is 1.10 bits per heavy atom. The lowest BCUT2D eigenvalue weighted by atomic mass is 10.2. The molecule has 0 unspecified atom stereocenters. The van der Waals surface area contributed by atoms with Gasteiger partial charge in [-0.2, -0.15) is 8.78 Å². The zero-order valence-corrected chi connectivity index (χ0v) is 28.9. The van der Waals surface area contributed by atoms with Crippen LogP contribution in [-0.4, -0.2) is 50.3 Å². The fourth-order valence-electron chi connectivity index (χ4n) is 4.42. The van der Waals surface area contributed by atoms with Crippen LogP contribution in [-0.2, 0) is 19.1 Å². The monoisotopic (exact) mass is 726 g/mol. The number of rotatable bonds is 22. The van der Waals surface area contributed by atoms with Crippen LogP contribution >= 0.6 is 0 Å². The SMILES string of the molecule is C=CC(=O)OCCCCCCOc1ccc(C(=O)Oc2c(F)cc(OC(=O)c3ccc(OCCCCCCOC(=O)C(=C)C)cc3)c(F)c2F)cc1. The van der Waals surface area contributed by atoms with Crippen molar-refractivity contribution in [1.82, 2.24) is 0 Å². The molecule has 52 heavy (non-hydrogen) atoms. The summed E-state index contributed by atoms with van der Waals surface area (Å²) in [6, 6.07) is 11.7. The molecule has 10 nitrogen and oxygen atoms in total. The maximum atomic E-state index is 14.8. The Morgan fingerprint density at radius 3 is 1.58 bits per heavy atom. The lowest BCUT2D eigenvalue weighted by Crippen LogP contribution is -2.14. The van der Waals surface area contributed by atoms with E-state index in [-0.39, 0.29) is 11.1 Å². The van der Waals surface area contributed by atoms with Gasteiger partial charge in [0.25, 0.3) is 0 Å². The van der Waals surface area contributed by atoms with Crippen LogP contribution < -0.4 is 18.9 Å². The maximum absolute atomic E-state index is 14.8. The highest BCUT2D eigenvalue weighted by molar-refractivity contribution is 5.92. The maximum Gasteiger partial charge on any atom is 0.343 e. The van der Waals surface area contributed by atoms with E-state index < -0.39 is 52.8 Å². The van der Waals surface area contributed by atoms with Crippen molar-refractivity contribution in [1.29, 1.82) is 0 Å². The van der Waals surface area contributed by atoms with Gasteiger partial charge in [-0.05, 0) is 107 Å². The molecule has 0 saturated heterocycles. The van der Waals surface area contributed by atoms with E-state index in [2.05, 4.69) is 13.2 Å². The van der Waals surface area contributed by atoms with E-state index in [0.717, 1.165) is 44.6 Å². The minimum atomic E-state index is -1.86. The predicted molar refractivity (Wildman–Crippen MR) is 184 cm³/mol. The van der Waals surface area contributed by atoms with Crippen molar-refractivity contribution in [2.75, 3.05) is 26.4 Å². The molecular weight excluding hydrogens is 685 g/mol. The number of ether oxygens (including phenoxy) is 6. The smallest absolute Gasteiger partial charge is 0.343 e. The first-order valence-electron chi connectivity index (χ1n) is 16.7. The molecule has 0 spiro atoms. The molecule has 0 aliphatic heterocycles. The van der Waals surface area contributed by atoms with Gasteiger partial charge in [-0.3, -0.25) is 0 Å². The third-order valence-corrected chi connectivity index (χ3v) is 7.27. The Labute approximate surface area is 300 Å². The second-order valence-electron chi connectivity index (χ2n) is 11.5. The average Bonchev–Trinajstić information content (AvgIpc) is 3.14. The second-order valence-corrected chi connectivity index (χ2v) is 11.5. The van der Waals surface area contributed by atoms with E-state index in [1.165, 1.54) is 48.5 Å². The van der Waals surface area contributed by atoms with Gasteiger partial charge in [-0.25, -0.2) is 23.6 Å². The van der Waals surface area contributed by atoms with Gasteiger partial charge in [-0.15, -0.1) is 0 Å². The first-order valence-corrected chi connectivity index (χ1v) is 16.7. The van der Waals surface area contributed by atoms with Crippen LogP contribution in [0.1, 0.15) is 79.0 Å². The van der Waals surface area contributed by atoms with Gasteiger partial charge in [0.15, 0.2) is 11.6 Å². The largest absolute Gasteiger partial charge is 0.494 e. The van der Waals surface area contributed by atoms with Crippen molar-refractivity contribution >= 4 is 23.9 Å². The lowest BCUT2D eigenvalue weighted by molar-refractivity contribution is -0.139. The number of esters is 4. The molecule has 0 fully saturated rings. The first-order chi connectivity index (χ1) is 25.0. The molecule has 0 radical (unpaired) electrons. The normalized spacial score (nSPS) is 10.5. The van der Waals surface area contributed by atoms with Crippen LogP contribution in [0.15, 0.2) is 79.4 Å². The van der Waals surface area contributed by atoms with Crippen LogP contribution in [0.3, 0.4) is 0 Å². The van der Waals surface area contributed by atoms with E-state index in [1.54, 1.807) is 6.92 Å². The van der Waals surface area contributed by atoms with Crippen LogP contribution in [0, 0.1) is 17.5 Å². The molecular formula is C39H41F3O10. The molecule has 3 rings (SSSR count). The third kappa shape index (κ3) is 13.6. The van der Waals surface area contributed by atoms with E-state index in [1.807, 2.05) is 0 Å². The van der Waals surface area contributed by atoms with Crippen LogP contribution in [0.2, 0.25) is 0 Å². The number of benzene rings is 3. The number of hydrogen-bond donors (Lipinski definition) is 0. The van der Waals surface area contributed by atoms with Crippen molar-refractivity contribution in [2.24, 2.45) is 0 Å². The topological polar surface area (TPSA) is 124 Å². The molecule has 3 aromatic rings. The van der Waals surface area contributed by atoms with Gasteiger partial charge >= 0.3 is 23.9 Å². The fourth-order valence-corrected chi connectivity index (χ4v) is 4.42. The minimum Gasteiger partial charge on any atom is -0.494 e. The Morgan fingerprint density at radius 1 is 0.635 bits per heavy atom. The zero-order chi connectivity index (χ0) is 37.9. The summed E-state index contributed by atoms with van der Waals surface area (Å²) in [5, 5.41) is 0. The summed E-state index contributed by atoms with van der Waals surface area (Å²) < 4.78 is 75.3. The summed E-state index contributed by atoms with van der Waals surface area (Å²) in [6.07, 6.45) is 7.37. The standard InChI is InChI=1S/C39H41F3O10/c1-4-33(43)49-23-11-7-5-9-21-48-30-19-15-28(16-20-30)39(46)52-36-31(40)25-32(34(41)35(36)42)51-38(45)27-13-17-29(18-14-27)47-22-10-6-8-12-24-50-37(44)26(2)3/h4,13-20,25H,1-2,5-12,21-24H2,3H3. The molecule has 3 aromatic carbocycles. The quantitative estimate of drug-likeness (QED) is 0.0329. The molecule has 0 saturated carbocycles. The van der Waals surface area contributed by atoms with Crippen molar-refractivity contribution in [3.8, 4) is 23.0 Å². The average molecular weight is 727 g/mol. The highest BCUT2D eigenvalue weighted by Crippen LogP contribution is 2.32. The van der Waals surface area contributed by atoms with Gasteiger partial charge in [-0.1, -0.05) is 13.2 Å². The summed E-state index contributed by atoms with van der Waals surface area (Å²) in [4.78, 5) is 47.5. The Hall–Kier alpha value is -5.59. The molecule has 0 heterocycles. The van der Waals surface area contributed by atoms with Crippen molar-refractivity contribution in [3.05, 3.63) is 108 Å². The number of unbranched alkanes of at least 4 members (excludes halogenated alkanes) is 6. The molecule has 0 amide bonds. The fraction of sp³-hybridized carbons (Fsp3) is 0.333. The number of hydrogen-bond acceptors (Lipinski definition) is 10. The second kappa shape index (κ2) is 21.6. The molecule has 0 aliphatic rings. The summed E-state index contributed by atoms with van der Waals surface area (Å²) in [5.74, 6) is -9.60. The predicted octanol–water partition coefficient (Wildman–Crippen LogP) is 8.27. The Bertz CT molecular complexity index is 1690. The van der Waals surface area contributed by atoms with E-state index in [0.29, 0.717) is 62.4 Å². The summed E-state index contributed by atoms with van der Waals surface area (Å²) in [5.41, 5.74) is 0.234. The van der Waals surface area contributed by atoms with Gasteiger partial charge in [0.2, 0.25) is 17.4 Å². The van der Waals surface area contributed by atoms with Gasteiger partial charge in [0.05, 0.1) is 37.6 Å². The number of carbonyl (C=O) groups excluding carboxylic acids is 4. The van der Waals surface area contributed by atoms with Crippen LogP contribution in [0.5, 0.6) is 23.0 Å². The van der Waals surface area contributed by atoms with Crippen molar-refractivity contribution in [2.45, 2.75) is 58.3 Å². The highest BCUT2D eigenvalue weighted by Gasteiger charge is 2.26. The minimum absolute atomic E-state index is 0.0384. The van der Waals surface area contributed by atoms with Crippen molar-refractivity contribution in [3.63, 3.8) is 0 Å². The van der Waals surface area contributed by atoms with Gasteiger partial charge < -0.3 is 28.4 Å². The molecule has 0 bridgehead atoms. The van der Waals surface area contributed by atoms with Crippen LogP contribution in [0.25, 0.3) is 0 Å².